The highest BCUT2D eigenvalue weighted by atomic mass is 35.5. The van der Waals surface area contributed by atoms with E-state index in [0.717, 1.165) is 19.5 Å². The second-order valence-corrected chi connectivity index (χ2v) is 6.49. The van der Waals surface area contributed by atoms with Crippen molar-refractivity contribution in [2.75, 3.05) is 27.2 Å². The van der Waals surface area contributed by atoms with Crippen molar-refractivity contribution >= 4 is 17.6 Å². The molecule has 1 N–H and O–H groups in total. The van der Waals surface area contributed by atoms with Crippen LogP contribution in [0.2, 0.25) is 5.02 Å². The zero-order valence-electron chi connectivity index (χ0n) is 13.3. The Balaban J connectivity index is 1.93. The maximum Gasteiger partial charge on any atom is 0.317 e. The van der Waals surface area contributed by atoms with Gasteiger partial charge in [-0.05, 0) is 32.0 Å². The summed E-state index contributed by atoms with van der Waals surface area (Å²) in [5.41, 5.74) is 0.394. The standard InChI is InChI=1S/C16H23ClFN3O/c1-11-10-20(2)8-7-14(11)21(3)16(22)19-9-12-5-4-6-13(17)15(12)18/h4-6,11,14H,7-10H2,1-3H3,(H,19,22)/t11-,14-/m0/s1. The van der Waals surface area contributed by atoms with E-state index in [4.69, 9.17) is 11.6 Å². The summed E-state index contributed by atoms with van der Waals surface area (Å²) in [4.78, 5) is 16.3. The highest BCUT2D eigenvalue weighted by molar-refractivity contribution is 6.30. The third-order valence-corrected chi connectivity index (χ3v) is 4.63. The number of carbonyl (C=O) groups excluding carboxylic acids is 1. The van der Waals surface area contributed by atoms with Crippen LogP contribution in [0, 0.1) is 11.7 Å². The molecule has 2 atom stereocenters. The summed E-state index contributed by atoms with van der Waals surface area (Å²) in [5.74, 6) is -0.0582. The Morgan fingerprint density at radius 1 is 1.55 bits per heavy atom. The molecule has 122 valence electrons. The first-order chi connectivity index (χ1) is 10.4. The molecule has 2 amide bonds. The van der Waals surface area contributed by atoms with Crippen molar-refractivity contribution in [3.63, 3.8) is 0 Å². The van der Waals surface area contributed by atoms with E-state index in [1.165, 1.54) is 6.07 Å². The van der Waals surface area contributed by atoms with E-state index in [2.05, 4.69) is 24.2 Å². The number of hydrogen-bond donors (Lipinski definition) is 1. The molecule has 6 heteroatoms. The van der Waals surface area contributed by atoms with Gasteiger partial charge in [0.05, 0.1) is 5.02 Å². The molecule has 0 aromatic heterocycles. The van der Waals surface area contributed by atoms with Gasteiger partial charge in [0, 0.05) is 31.7 Å². The Labute approximate surface area is 136 Å². The number of benzene rings is 1. The molecule has 2 rings (SSSR count). The van der Waals surface area contributed by atoms with Crippen LogP contribution in [0.5, 0.6) is 0 Å². The van der Waals surface area contributed by atoms with Crippen molar-refractivity contribution in [2.24, 2.45) is 5.92 Å². The highest BCUT2D eigenvalue weighted by Gasteiger charge is 2.29. The van der Waals surface area contributed by atoms with Crippen molar-refractivity contribution in [1.29, 1.82) is 0 Å². The van der Waals surface area contributed by atoms with Crippen LogP contribution < -0.4 is 5.32 Å². The quantitative estimate of drug-likeness (QED) is 0.926. The SMILES string of the molecule is C[C@H]1CN(C)CC[C@@H]1N(C)C(=O)NCc1cccc(Cl)c1F. The van der Waals surface area contributed by atoms with Gasteiger partial charge in [0.25, 0.3) is 0 Å². The number of nitrogens with zero attached hydrogens (tertiary/aromatic N) is 2. The monoisotopic (exact) mass is 327 g/mol. The predicted octanol–water partition coefficient (Wildman–Crippen LogP) is 2.96. The topological polar surface area (TPSA) is 35.6 Å². The van der Waals surface area contributed by atoms with Crippen LogP contribution in [0.15, 0.2) is 18.2 Å². The summed E-state index contributed by atoms with van der Waals surface area (Å²) in [5, 5.41) is 2.84. The number of nitrogens with one attached hydrogen (secondary N) is 1. The second-order valence-electron chi connectivity index (χ2n) is 6.08. The van der Waals surface area contributed by atoms with E-state index in [1.807, 2.05) is 0 Å². The minimum absolute atomic E-state index is 0.0732. The van der Waals surface area contributed by atoms with Crippen molar-refractivity contribution in [3.8, 4) is 0 Å². The minimum atomic E-state index is -0.472. The number of likely N-dealkylation sites (tertiary alicyclic amines) is 1. The van der Waals surface area contributed by atoms with Gasteiger partial charge in [0.2, 0.25) is 0 Å². The highest BCUT2D eigenvalue weighted by Crippen LogP contribution is 2.21. The van der Waals surface area contributed by atoms with Gasteiger partial charge in [-0.3, -0.25) is 0 Å². The molecule has 22 heavy (non-hydrogen) atoms. The largest absolute Gasteiger partial charge is 0.334 e. The summed E-state index contributed by atoms with van der Waals surface area (Å²) >= 11 is 5.74. The normalized spacial score (nSPS) is 22.4. The summed E-state index contributed by atoms with van der Waals surface area (Å²) in [6.45, 7) is 4.25. The molecule has 0 bridgehead atoms. The van der Waals surface area contributed by atoms with Crippen LogP contribution in [-0.4, -0.2) is 49.1 Å². The van der Waals surface area contributed by atoms with Crippen LogP contribution in [0.4, 0.5) is 9.18 Å². The third-order valence-electron chi connectivity index (χ3n) is 4.34. The van der Waals surface area contributed by atoms with Crippen LogP contribution >= 0.6 is 11.6 Å². The average Bonchev–Trinajstić information content (AvgIpc) is 2.48. The lowest BCUT2D eigenvalue weighted by atomic mass is 9.93. The van der Waals surface area contributed by atoms with Gasteiger partial charge in [-0.2, -0.15) is 0 Å². The number of rotatable bonds is 3. The average molecular weight is 328 g/mol. The molecule has 4 nitrogen and oxygen atoms in total. The maximum absolute atomic E-state index is 13.8. The first-order valence-electron chi connectivity index (χ1n) is 7.52. The number of halogens is 2. The zero-order chi connectivity index (χ0) is 16.3. The fraction of sp³-hybridized carbons (Fsp3) is 0.562. The Bertz CT molecular complexity index is 540. The molecular weight excluding hydrogens is 305 g/mol. The number of hydrogen-bond acceptors (Lipinski definition) is 2. The Kier molecular flexibility index (Phi) is 5.64. The molecule has 1 aromatic rings. The van der Waals surface area contributed by atoms with E-state index >= 15 is 0 Å². The molecule has 1 heterocycles. The summed E-state index contributed by atoms with van der Waals surface area (Å²) in [7, 11) is 3.89. The van der Waals surface area contributed by atoms with E-state index in [-0.39, 0.29) is 23.6 Å². The predicted molar refractivity (Wildman–Crippen MR) is 86.5 cm³/mol. The molecule has 0 saturated carbocycles. The molecule has 1 aliphatic heterocycles. The fourth-order valence-electron chi connectivity index (χ4n) is 3.05. The number of urea groups is 1. The van der Waals surface area contributed by atoms with Crippen molar-refractivity contribution < 1.29 is 9.18 Å². The first kappa shape index (κ1) is 17.0. The molecule has 0 radical (unpaired) electrons. The molecule has 1 aliphatic rings. The van der Waals surface area contributed by atoms with Gasteiger partial charge < -0.3 is 15.1 Å². The summed E-state index contributed by atoms with van der Waals surface area (Å²) in [6.07, 6.45) is 0.952. The molecular formula is C16H23ClFN3O. The van der Waals surface area contributed by atoms with Crippen molar-refractivity contribution in [3.05, 3.63) is 34.6 Å². The van der Waals surface area contributed by atoms with Gasteiger partial charge in [0.1, 0.15) is 5.82 Å². The Hall–Kier alpha value is -1.33. The number of carbonyl (C=O) groups is 1. The molecule has 0 spiro atoms. The lowest BCUT2D eigenvalue weighted by Gasteiger charge is -2.39. The summed E-state index contributed by atoms with van der Waals surface area (Å²) in [6, 6.07) is 4.82. The van der Waals surface area contributed by atoms with Crippen LogP contribution in [0.3, 0.4) is 0 Å². The van der Waals surface area contributed by atoms with E-state index in [1.54, 1.807) is 24.1 Å². The van der Waals surface area contributed by atoms with Crippen LogP contribution in [0.25, 0.3) is 0 Å². The molecule has 0 aliphatic carbocycles. The first-order valence-corrected chi connectivity index (χ1v) is 7.90. The lowest BCUT2D eigenvalue weighted by Crippen LogP contribution is -2.52. The second kappa shape index (κ2) is 7.29. The number of piperidine rings is 1. The van der Waals surface area contributed by atoms with E-state index in [0.29, 0.717) is 11.5 Å². The smallest absolute Gasteiger partial charge is 0.317 e. The molecule has 0 unspecified atom stereocenters. The van der Waals surface area contributed by atoms with Gasteiger partial charge in [-0.1, -0.05) is 30.7 Å². The maximum atomic E-state index is 13.8. The lowest BCUT2D eigenvalue weighted by molar-refractivity contribution is 0.107. The summed E-state index contributed by atoms with van der Waals surface area (Å²) < 4.78 is 13.8. The molecule has 1 fully saturated rings. The Morgan fingerprint density at radius 3 is 2.95 bits per heavy atom. The Morgan fingerprint density at radius 2 is 2.27 bits per heavy atom. The van der Waals surface area contributed by atoms with Crippen LogP contribution in [0.1, 0.15) is 18.9 Å². The third kappa shape index (κ3) is 3.90. The molecule has 1 aromatic carbocycles. The van der Waals surface area contributed by atoms with Gasteiger partial charge in [-0.25, -0.2) is 9.18 Å². The van der Waals surface area contributed by atoms with Crippen LogP contribution in [-0.2, 0) is 6.54 Å². The fourth-order valence-corrected chi connectivity index (χ4v) is 3.24. The number of amides is 2. The van der Waals surface area contributed by atoms with Gasteiger partial charge >= 0.3 is 6.03 Å². The zero-order valence-corrected chi connectivity index (χ0v) is 14.0. The minimum Gasteiger partial charge on any atom is -0.334 e. The van der Waals surface area contributed by atoms with Crippen molar-refractivity contribution in [2.45, 2.75) is 25.9 Å². The molecule has 1 saturated heterocycles. The van der Waals surface area contributed by atoms with E-state index in [9.17, 15) is 9.18 Å². The van der Waals surface area contributed by atoms with Crippen molar-refractivity contribution in [1.82, 2.24) is 15.1 Å². The van der Waals surface area contributed by atoms with Gasteiger partial charge in [-0.15, -0.1) is 0 Å². The van der Waals surface area contributed by atoms with E-state index < -0.39 is 5.82 Å². The van der Waals surface area contributed by atoms with Gasteiger partial charge in [0.15, 0.2) is 0 Å².